The molecule has 2 aromatic heterocycles. The molecule has 5 rings (SSSR count). The van der Waals surface area contributed by atoms with E-state index in [-0.39, 0.29) is 34.5 Å². The monoisotopic (exact) mass is 580 g/mol. The Morgan fingerprint density at radius 3 is 2.60 bits per heavy atom. The summed E-state index contributed by atoms with van der Waals surface area (Å²) in [7, 11) is 2.85. The van der Waals surface area contributed by atoms with Crippen LogP contribution >= 0.6 is 23.1 Å². The van der Waals surface area contributed by atoms with Gasteiger partial charge < -0.3 is 19.3 Å². The molecule has 2 heterocycles. The van der Waals surface area contributed by atoms with Crippen LogP contribution < -0.4 is 25.2 Å². The van der Waals surface area contributed by atoms with Crippen LogP contribution in [0, 0.1) is 0 Å². The quantitative estimate of drug-likeness (QED) is 0.123. The number of phenols is 1. The zero-order valence-corrected chi connectivity index (χ0v) is 23.9. The first-order chi connectivity index (χ1) is 19.4. The van der Waals surface area contributed by atoms with Crippen molar-refractivity contribution >= 4 is 45.4 Å². The number of hydrazone groups is 1. The van der Waals surface area contributed by atoms with Gasteiger partial charge in [-0.25, -0.2) is 10.4 Å². The van der Waals surface area contributed by atoms with E-state index in [2.05, 4.69) is 10.5 Å². The number of thioether (sulfide) groups is 1. The second-order valence-corrected chi connectivity index (χ2v) is 10.9. The maximum atomic E-state index is 13.8. The fourth-order valence-corrected chi connectivity index (χ4v) is 6.64. The zero-order valence-electron chi connectivity index (χ0n) is 22.2. The van der Waals surface area contributed by atoms with Crippen molar-refractivity contribution in [3.63, 3.8) is 0 Å². The van der Waals surface area contributed by atoms with Crippen molar-refractivity contribution < 1.29 is 24.1 Å². The lowest BCUT2D eigenvalue weighted by molar-refractivity contribution is -0.118. The predicted octanol–water partition coefficient (Wildman–Crippen LogP) is 4.30. The number of hydrogen-bond acceptors (Lipinski definition) is 10. The number of phenolic OH excluding ortho intramolecular Hbond substituents is 1. The molecule has 1 aliphatic carbocycles. The lowest BCUT2D eigenvalue weighted by Gasteiger charge is -2.13. The van der Waals surface area contributed by atoms with E-state index in [1.54, 1.807) is 28.0 Å². The van der Waals surface area contributed by atoms with E-state index in [0.717, 1.165) is 36.6 Å². The van der Waals surface area contributed by atoms with Gasteiger partial charge in [-0.05, 0) is 68.1 Å². The molecule has 208 valence electrons. The van der Waals surface area contributed by atoms with Gasteiger partial charge in [0, 0.05) is 10.4 Å². The number of aromatic hydroxyl groups is 1. The van der Waals surface area contributed by atoms with Crippen LogP contribution in [0.4, 0.5) is 0 Å². The van der Waals surface area contributed by atoms with Crippen molar-refractivity contribution in [2.45, 2.75) is 31.3 Å². The van der Waals surface area contributed by atoms with Crippen molar-refractivity contribution in [3.05, 3.63) is 62.8 Å². The summed E-state index contributed by atoms with van der Waals surface area (Å²) in [6.45, 7) is 2.45. The maximum absolute atomic E-state index is 13.8. The molecule has 1 aliphatic rings. The topological polar surface area (TPSA) is 124 Å². The molecule has 0 bridgehead atoms. The second kappa shape index (κ2) is 12.0. The Balaban J connectivity index is 1.38. The minimum absolute atomic E-state index is 0.0143. The summed E-state index contributed by atoms with van der Waals surface area (Å²) in [5, 5.41) is 15.2. The van der Waals surface area contributed by atoms with E-state index in [4.69, 9.17) is 19.2 Å². The lowest BCUT2D eigenvalue weighted by atomic mass is 10.2. The SMILES string of the molecule is CCOc1ccc(-n2c(SCC(=O)N/N=C/c3cc(OC)c(O)c(OC)c3)nc3sc4c(c3c2=O)CCC4)cc1. The molecule has 0 aliphatic heterocycles. The molecule has 0 saturated heterocycles. The van der Waals surface area contributed by atoms with Gasteiger partial charge in [-0.1, -0.05) is 11.8 Å². The Morgan fingerprint density at radius 2 is 1.93 bits per heavy atom. The minimum Gasteiger partial charge on any atom is -0.502 e. The zero-order chi connectivity index (χ0) is 28.2. The number of nitrogens with zero attached hydrogens (tertiary/aromatic N) is 3. The molecule has 0 radical (unpaired) electrons. The van der Waals surface area contributed by atoms with E-state index in [1.165, 1.54) is 25.3 Å². The number of carbonyl (C=O) groups is 1. The number of rotatable bonds is 10. The van der Waals surface area contributed by atoms with E-state index < -0.39 is 0 Å². The van der Waals surface area contributed by atoms with Crippen LogP contribution in [0.15, 0.2) is 51.5 Å². The number of carbonyl (C=O) groups excluding carboxylic acids is 1. The average molecular weight is 581 g/mol. The fourth-order valence-electron chi connectivity index (χ4n) is 4.54. The summed E-state index contributed by atoms with van der Waals surface area (Å²) in [6.07, 6.45) is 4.29. The Morgan fingerprint density at radius 1 is 1.20 bits per heavy atom. The number of methoxy groups -OCH3 is 2. The molecule has 0 saturated carbocycles. The maximum Gasteiger partial charge on any atom is 0.267 e. The van der Waals surface area contributed by atoms with Gasteiger partial charge in [-0.2, -0.15) is 5.10 Å². The van der Waals surface area contributed by atoms with Crippen LogP contribution in [0.3, 0.4) is 0 Å². The van der Waals surface area contributed by atoms with Gasteiger partial charge in [0.2, 0.25) is 5.75 Å². The Kier molecular flexibility index (Phi) is 8.27. The van der Waals surface area contributed by atoms with Crippen LogP contribution in [0.2, 0.25) is 0 Å². The molecular weight excluding hydrogens is 552 g/mol. The molecule has 12 heteroatoms. The van der Waals surface area contributed by atoms with Gasteiger partial charge in [0.1, 0.15) is 10.6 Å². The van der Waals surface area contributed by atoms with Crippen LogP contribution in [-0.4, -0.2) is 53.4 Å². The number of ether oxygens (including phenoxy) is 3. The van der Waals surface area contributed by atoms with E-state index in [0.29, 0.717) is 39.0 Å². The highest BCUT2D eigenvalue weighted by molar-refractivity contribution is 7.99. The largest absolute Gasteiger partial charge is 0.502 e. The lowest BCUT2D eigenvalue weighted by Crippen LogP contribution is -2.24. The van der Waals surface area contributed by atoms with Gasteiger partial charge in [0.25, 0.3) is 11.5 Å². The Labute approximate surface area is 238 Å². The van der Waals surface area contributed by atoms with Gasteiger partial charge in [-0.15, -0.1) is 11.3 Å². The van der Waals surface area contributed by atoms with Crippen molar-refractivity contribution in [1.29, 1.82) is 0 Å². The van der Waals surface area contributed by atoms with Gasteiger partial charge in [0.15, 0.2) is 16.7 Å². The third-order valence-corrected chi connectivity index (χ3v) is 8.48. The number of nitrogens with one attached hydrogen (secondary N) is 1. The first-order valence-corrected chi connectivity index (χ1v) is 14.4. The summed E-state index contributed by atoms with van der Waals surface area (Å²) in [6, 6.07) is 10.4. The number of amides is 1. The van der Waals surface area contributed by atoms with E-state index in [1.807, 2.05) is 31.2 Å². The predicted molar refractivity (Wildman–Crippen MR) is 156 cm³/mol. The van der Waals surface area contributed by atoms with Crippen LogP contribution in [-0.2, 0) is 17.6 Å². The summed E-state index contributed by atoms with van der Waals surface area (Å²) < 4.78 is 17.4. The number of aryl methyl sites for hydroxylation is 2. The van der Waals surface area contributed by atoms with Crippen LogP contribution in [0.1, 0.15) is 29.3 Å². The molecule has 2 N–H and O–H groups in total. The summed E-state index contributed by atoms with van der Waals surface area (Å²) in [5.41, 5.74) is 4.66. The number of benzene rings is 2. The Hall–Kier alpha value is -4.03. The molecule has 10 nitrogen and oxygen atoms in total. The summed E-state index contributed by atoms with van der Waals surface area (Å²) >= 11 is 2.72. The first-order valence-electron chi connectivity index (χ1n) is 12.6. The van der Waals surface area contributed by atoms with Crippen LogP contribution in [0.25, 0.3) is 15.9 Å². The number of hydrogen-bond donors (Lipinski definition) is 2. The molecule has 0 fully saturated rings. The summed E-state index contributed by atoms with van der Waals surface area (Å²) in [4.78, 5) is 33.2. The van der Waals surface area contributed by atoms with Crippen molar-refractivity contribution in [2.75, 3.05) is 26.6 Å². The van der Waals surface area contributed by atoms with E-state index >= 15 is 0 Å². The number of thiophene rings is 1. The summed E-state index contributed by atoms with van der Waals surface area (Å²) in [5.74, 6) is 0.633. The fraction of sp³-hybridized carbons (Fsp3) is 0.286. The van der Waals surface area contributed by atoms with Gasteiger partial charge in [0.05, 0.1) is 43.9 Å². The average Bonchev–Trinajstić information content (AvgIpc) is 3.55. The molecule has 4 aromatic rings. The second-order valence-electron chi connectivity index (χ2n) is 8.86. The van der Waals surface area contributed by atoms with Crippen molar-refractivity contribution in [3.8, 4) is 28.7 Å². The molecule has 1 amide bonds. The van der Waals surface area contributed by atoms with Crippen molar-refractivity contribution in [1.82, 2.24) is 15.0 Å². The standard InChI is InChI=1S/C28H28N4O6S2/c1-4-38-18-10-8-17(9-11-18)32-27(35)24-19-6-5-7-22(19)40-26(24)30-28(32)39-15-23(33)31-29-14-16-12-20(36-2)25(34)21(13-16)37-3/h8-14,34H,4-7,15H2,1-3H3,(H,31,33)/b29-14+. The third kappa shape index (κ3) is 5.50. The van der Waals surface area contributed by atoms with E-state index in [9.17, 15) is 14.7 Å². The molecule has 40 heavy (non-hydrogen) atoms. The minimum atomic E-state index is -0.375. The molecular formula is C28H28N4O6S2. The normalized spacial score (nSPS) is 12.6. The van der Waals surface area contributed by atoms with Crippen LogP contribution in [0.5, 0.6) is 23.0 Å². The molecule has 0 unspecified atom stereocenters. The number of fused-ring (bicyclic) bond motifs is 3. The Bertz CT molecular complexity index is 1620. The molecule has 0 spiro atoms. The first kappa shape index (κ1) is 27.5. The van der Waals surface area contributed by atoms with Gasteiger partial charge >= 0.3 is 0 Å². The smallest absolute Gasteiger partial charge is 0.267 e. The highest BCUT2D eigenvalue weighted by atomic mass is 32.2. The third-order valence-electron chi connectivity index (χ3n) is 6.35. The van der Waals surface area contributed by atoms with Gasteiger partial charge in [-0.3, -0.25) is 14.2 Å². The van der Waals surface area contributed by atoms with Crippen molar-refractivity contribution in [2.24, 2.45) is 5.10 Å². The molecule has 2 aromatic carbocycles. The number of aromatic nitrogens is 2. The highest BCUT2D eigenvalue weighted by Crippen LogP contribution is 2.37. The molecule has 0 atom stereocenters. The highest BCUT2D eigenvalue weighted by Gasteiger charge is 2.24.